The summed E-state index contributed by atoms with van der Waals surface area (Å²) in [6.07, 6.45) is 7.12. The molecule has 4 N–H and O–H groups in total. The summed E-state index contributed by atoms with van der Waals surface area (Å²) in [5, 5.41) is 18.8. The summed E-state index contributed by atoms with van der Waals surface area (Å²) in [6, 6.07) is 27.4. The number of piperazine rings is 1. The minimum Gasteiger partial charge on any atom is -0.455 e. The van der Waals surface area contributed by atoms with Crippen molar-refractivity contribution in [2.75, 3.05) is 69.7 Å². The van der Waals surface area contributed by atoms with Crippen molar-refractivity contribution in [2.45, 2.75) is 94.0 Å². The van der Waals surface area contributed by atoms with E-state index in [2.05, 4.69) is 92.8 Å². The van der Waals surface area contributed by atoms with Crippen LogP contribution in [-0.4, -0.2) is 110 Å². The van der Waals surface area contributed by atoms with Crippen molar-refractivity contribution in [3.05, 3.63) is 147 Å². The number of nitrogens with one attached hydrogen (secondary N) is 4. The highest BCUT2D eigenvalue weighted by molar-refractivity contribution is 7.90. The van der Waals surface area contributed by atoms with Crippen LogP contribution in [0.15, 0.2) is 108 Å². The molecule has 4 fully saturated rings. The fourth-order valence-corrected chi connectivity index (χ4v) is 12.6. The van der Waals surface area contributed by atoms with E-state index in [4.69, 9.17) is 9.47 Å². The molecular weight excluding hydrogens is 981 g/mol. The summed E-state index contributed by atoms with van der Waals surface area (Å²) < 4.78 is 73.0. The molecule has 3 aliphatic heterocycles. The number of rotatable bonds is 17. The number of hydrogen-bond acceptors (Lipinski definition) is 13. The maximum atomic E-state index is 16.6. The third kappa shape index (κ3) is 11.4. The van der Waals surface area contributed by atoms with Crippen LogP contribution >= 0.6 is 0 Å². The maximum absolute atomic E-state index is 16.6. The van der Waals surface area contributed by atoms with Crippen molar-refractivity contribution in [3.8, 4) is 11.5 Å². The SMILES string of the molecule is CNCc1ccc(CN2CCN(C3CC4(CCN(c5cc(Oc6cnc7[nH]ccc7c6)c(C(=O)NS(=O)(=O)c6ccc(NCC7(F)CCOCC7)c([N+](=O)[O-])c6)cc5F)CC4)C3)[C@H](c3ccccc3C(C)C)C2)cc1. The zero-order valence-electron chi connectivity index (χ0n) is 42.6. The average molecular weight is 1050 g/mol. The van der Waals surface area contributed by atoms with Gasteiger partial charge in [-0.25, -0.2) is 26.9 Å². The van der Waals surface area contributed by atoms with Crippen LogP contribution < -0.4 is 25.0 Å². The smallest absolute Gasteiger partial charge is 0.293 e. The molecule has 3 saturated heterocycles. The van der Waals surface area contributed by atoms with E-state index in [9.17, 15) is 23.3 Å². The van der Waals surface area contributed by atoms with Crippen LogP contribution in [0, 0.1) is 21.3 Å². The lowest BCUT2D eigenvalue weighted by Crippen LogP contribution is -2.60. The molecule has 4 aliphatic rings. The molecule has 5 heterocycles. The number of nitro groups is 1. The van der Waals surface area contributed by atoms with Crippen LogP contribution in [0.4, 0.5) is 25.8 Å². The predicted molar refractivity (Wildman–Crippen MR) is 284 cm³/mol. The van der Waals surface area contributed by atoms with Gasteiger partial charge in [0.25, 0.3) is 21.6 Å². The number of nitrogens with zero attached hydrogens (tertiary/aromatic N) is 5. The summed E-state index contributed by atoms with van der Waals surface area (Å²) in [4.78, 5) is 39.5. The number of anilines is 2. The van der Waals surface area contributed by atoms with Gasteiger partial charge in [0, 0.05) is 114 Å². The van der Waals surface area contributed by atoms with Crippen LogP contribution in [0.3, 0.4) is 0 Å². The summed E-state index contributed by atoms with van der Waals surface area (Å²) in [5.74, 6) is -1.47. The Kier molecular flexibility index (Phi) is 15.0. The first-order chi connectivity index (χ1) is 36.1. The number of pyridine rings is 1. The molecular formula is C56H65F2N9O7S. The third-order valence-electron chi connectivity index (χ3n) is 15.8. The van der Waals surface area contributed by atoms with Crippen molar-refractivity contribution >= 4 is 44.0 Å². The molecule has 19 heteroatoms. The van der Waals surface area contributed by atoms with Crippen molar-refractivity contribution < 1.29 is 36.4 Å². The topological polar surface area (TPSA) is 187 Å². The lowest BCUT2D eigenvalue weighted by atomic mass is 9.59. The number of fused-ring (bicyclic) bond motifs is 1. The van der Waals surface area contributed by atoms with Crippen LogP contribution in [0.5, 0.6) is 11.5 Å². The minimum atomic E-state index is -4.78. The van der Waals surface area contributed by atoms with Crippen molar-refractivity contribution in [3.63, 3.8) is 0 Å². The largest absolute Gasteiger partial charge is 0.455 e. The van der Waals surface area contributed by atoms with E-state index >= 15 is 8.78 Å². The monoisotopic (exact) mass is 1050 g/mol. The van der Waals surface area contributed by atoms with Gasteiger partial charge in [-0.05, 0) is 96.6 Å². The third-order valence-corrected chi connectivity index (χ3v) is 17.2. The minimum absolute atomic E-state index is 0.0966. The number of amides is 1. The van der Waals surface area contributed by atoms with Crippen molar-refractivity contribution in [2.24, 2.45) is 5.41 Å². The molecule has 75 heavy (non-hydrogen) atoms. The number of halogens is 2. The average Bonchev–Trinajstić information content (AvgIpc) is 3.87. The molecule has 1 spiro atoms. The first-order valence-corrected chi connectivity index (χ1v) is 27.4. The van der Waals surface area contributed by atoms with E-state index in [0.717, 1.165) is 82.7 Å². The van der Waals surface area contributed by atoms with E-state index in [1.165, 1.54) is 34.5 Å². The molecule has 1 aliphatic carbocycles. The first kappa shape index (κ1) is 52.0. The quantitative estimate of drug-likeness (QED) is 0.0500. The van der Waals surface area contributed by atoms with Gasteiger partial charge in [0.15, 0.2) is 0 Å². The van der Waals surface area contributed by atoms with Crippen LogP contribution in [0.1, 0.15) is 96.9 Å². The number of hydrogen-bond donors (Lipinski definition) is 4. The highest BCUT2D eigenvalue weighted by Crippen LogP contribution is 2.54. The molecule has 1 saturated carbocycles. The summed E-state index contributed by atoms with van der Waals surface area (Å²) >= 11 is 0. The number of nitro benzene ring substituents is 1. The van der Waals surface area contributed by atoms with Gasteiger partial charge in [-0.1, -0.05) is 62.4 Å². The van der Waals surface area contributed by atoms with E-state index in [1.54, 1.807) is 18.3 Å². The van der Waals surface area contributed by atoms with Crippen LogP contribution in [-0.2, 0) is 27.8 Å². The number of carbonyl (C=O) groups excluding carboxylic acids is 1. The molecule has 0 unspecified atom stereocenters. The Morgan fingerprint density at radius 2 is 1.71 bits per heavy atom. The predicted octanol–water partition coefficient (Wildman–Crippen LogP) is 9.60. The molecule has 1 amide bonds. The zero-order valence-corrected chi connectivity index (χ0v) is 43.4. The van der Waals surface area contributed by atoms with Crippen LogP contribution in [0.2, 0.25) is 0 Å². The van der Waals surface area contributed by atoms with Gasteiger partial charge in [-0.15, -0.1) is 0 Å². The number of H-pyrrole nitrogens is 1. The number of ether oxygens (including phenoxy) is 2. The molecule has 4 aromatic carbocycles. The van der Waals surface area contributed by atoms with Gasteiger partial charge in [0.2, 0.25) is 0 Å². The number of carbonyl (C=O) groups is 1. The molecule has 6 aromatic rings. The lowest BCUT2D eigenvalue weighted by molar-refractivity contribution is -0.384. The summed E-state index contributed by atoms with van der Waals surface area (Å²) in [6.45, 7) is 10.4. The Morgan fingerprint density at radius 1 is 0.960 bits per heavy atom. The molecule has 10 rings (SSSR count). The molecule has 396 valence electrons. The molecule has 1 atom stereocenters. The van der Waals surface area contributed by atoms with Gasteiger partial charge >= 0.3 is 0 Å². The lowest BCUT2D eigenvalue weighted by Gasteiger charge is -2.58. The number of aromatic nitrogens is 2. The second-order valence-corrected chi connectivity index (χ2v) is 22.8. The number of sulfonamides is 1. The Labute approximate surface area is 436 Å². The highest BCUT2D eigenvalue weighted by Gasteiger charge is 2.50. The Balaban J connectivity index is 0.848. The number of alkyl halides is 1. The van der Waals surface area contributed by atoms with Gasteiger partial charge in [-0.2, -0.15) is 0 Å². The van der Waals surface area contributed by atoms with E-state index in [0.29, 0.717) is 36.1 Å². The zero-order chi connectivity index (χ0) is 52.5. The van der Waals surface area contributed by atoms with E-state index in [-0.39, 0.29) is 66.9 Å². The summed E-state index contributed by atoms with van der Waals surface area (Å²) in [5.41, 5.74) is 3.44. The molecule has 16 nitrogen and oxygen atoms in total. The molecule has 0 bridgehead atoms. The van der Waals surface area contributed by atoms with Gasteiger partial charge in [-0.3, -0.25) is 24.7 Å². The molecule has 2 aromatic heterocycles. The van der Waals surface area contributed by atoms with Gasteiger partial charge in [0.1, 0.15) is 34.3 Å². The Bertz CT molecular complexity index is 3150. The normalized spacial score (nSPS) is 19.3. The van der Waals surface area contributed by atoms with Crippen molar-refractivity contribution in [1.82, 2.24) is 29.8 Å². The standard InChI is InChI=1S/C56H65F2N9O7S/c1-37(2)44-6-4-5-7-45(44)51-35-64(34-39-10-8-38(9-11-39)32-59-3)22-23-66(51)41-30-55(31-41)15-20-65(21-16-55)49-29-52(74-42-26-40-14-19-60-53(40)61-33-42)46(28-47(49)57)54(68)63-75(71,72)43-12-13-48(50(27-43)67(69)70)62-36-56(58)17-24-73-25-18-56/h4-14,19,26-29,33,37,41,51,59,62H,15-18,20-25,30-32,34-36H2,1-3H3,(H,60,61)(H,63,68)/t51-/m0/s1. The van der Waals surface area contributed by atoms with Crippen molar-refractivity contribution in [1.29, 1.82) is 0 Å². The highest BCUT2D eigenvalue weighted by atomic mass is 32.2. The summed E-state index contributed by atoms with van der Waals surface area (Å²) in [7, 11) is -2.82. The Morgan fingerprint density at radius 3 is 2.44 bits per heavy atom. The molecule has 0 radical (unpaired) electrons. The van der Waals surface area contributed by atoms with E-state index in [1.807, 2.05) is 16.7 Å². The fourth-order valence-electron chi connectivity index (χ4n) is 11.6. The first-order valence-electron chi connectivity index (χ1n) is 25.9. The number of piperidine rings is 1. The number of aromatic amines is 1. The van der Waals surface area contributed by atoms with Gasteiger partial charge in [0.05, 0.1) is 27.3 Å². The van der Waals surface area contributed by atoms with Gasteiger partial charge < -0.3 is 30.0 Å². The second-order valence-electron chi connectivity index (χ2n) is 21.1. The second kappa shape index (κ2) is 21.6. The maximum Gasteiger partial charge on any atom is 0.293 e. The fraction of sp³-hybridized carbons (Fsp3) is 0.429. The van der Waals surface area contributed by atoms with E-state index < -0.39 is 48.5 Å². The Hall–Kier alpha value is -6.51. The number of benzene rings is 4. The van der Waals surface area contributed by atoms with Crippen LogP contribution in [0.25, 0.3) is 11.0 Å².